The van der Waals surface area contributed by atoms with Crippen molar-refractivity contribution >= 4 is 11.8 Å². The van der Waals surface area contributed by atoms with Crippen LogP contribution in [0.4, 0.5) is 11.8 Å². The van der Waals surface area contributed by atoms with Crippen molar-refractivity contribution in [2.24, 2.45) is 5.84 Å². The number of nitrogens with zero attached hydrogens (tertiary/aromatic N) is 4. The molecule has 0 aliphatic rings. The number of nitrogens with two attached hydrogens (primary N) is 1. The summed E-state index contributed by atoms with van der Waals surface area (Å²) < 4.78 is 2.00. The normalized spacial score (nSPS) is 12.1. The first-order valence-electron chi connectivity index (χ1n) is 5.30. The Balaban J connectivity index is 1.95. The van der Waals surface area contributed by atoms with E-state index in [0.717, 1.165) is 12.4 Å². The van der Waals surface area contributed by atoms with Gasteiger partial charge in [0.25, 0.3) is 0 Å². The van der Waals surface area contributed by atoms with Crippen LogP contribution < -0.4 is 16.6 Å². The minimum atomic E-state index is 0.227. The molecule has 7 heteroatoms. The van der Waals surface area contributed by atoms with Crippen LogP contribution in [0.1, 0.15) is 6.92 Å². The first-order valence-corrected chi connectivity index (χ1v) is 5.30. The highest BCUT2D eigenvalue weighted by Gasteiger charge is 2.04. The Bertz CT molecular complexity index is 453. The highest BCUT2D eigenvalue weighted by atomic mass is 15.3. The molecule has 0 aliphatic carbocycles. The first kappa shape index (κ1) is 11.3. The highest BCUT2D eigenvalue weighted by molar-refractivity contribution is 5.39. The summed E-state index contributed by atoms with van der Waals surface area (Å²) in [5.74, 6) is 6.37. The zero-order chi connectivity index (χ0) is 12.1. The van der Waals surface area contributed by atoms with Crippen LogP contribution in [0.2, 0.25) is 0 Å². The monoisotopic (exact) mass is 233 g/mol. The average molecular weight is 233 g/mol. The maximum Gasteiger partial charge on any atom is 0.239 e. The van der Waals surface area contributed by atoms with Gasteiger partial charge in [0.05, 0.1) is 6.33 Å². The molecule has 0 aliphatic heterocycles. The van der Waals surface area contributed by atoms with Gasteiger partial charge >= 0.3 is 0 Å². The van der Waals surface area contributed by atoms with Gasteiger partial charge in [0.15, 0.2) is 0 Å². The molecule has 7 nitrogen and oxygen atoms in total. The summed E-state index contributed by atoms with van der Waals surface area (Å²) >= 11 is 0. The summed E-state index contributed by atoms with van der Waals surface area (Å²) in [7, 11) is 0. The number of hydrogen-bond donors (Lipinski definition) is 3. The number of rotatable bonds is 5. The summed E-state index contributed by atoms with van der Waals surface area (Å²) in [5.41, 5.74) is 2.41. The standard InChI is InChI=1S/C10H15N7/c1-8(6-17-5-4-12-7-17)14-9-2-3-13-10(15-9)16-11/h2-5,7-8H,6,11H2,1H3,(H2,13,14,15,16). The molecule has 0 spiro atoms. The van der Waals surface area contributed by atoms with E-state index in [1.807, 2.05) is 10.8 Å². The highest BCUT2D eigenvalue weighted by Crippen LogP contribution is 2.07. The summed E-state index contributed by atoms with van der Waals surface area (Å²) in [6.07, 6.45) is 7.11. The molecule has 4 N–H and O–H groups in total. The predicted octanol–water partition coefficient (Wildman–Crippen LogP) is 0.459. The van der Waals surface area contributed by atoms with Crippen molar-refractivity contribution in [3.05, 3.63) is 31.0 Å². The molecule has 0 bridgehead atoms. The number of aromatic nitrogens is 4. The summed E-state index contributed by atoms with van der Waals surface area (Å²) in [4.78, 5) is 12.1. The lowest BCUT2D eigenvalue weighted by molar-refractivity contribution is 0.617. The minimum Gasteiger partial charge on any atom is -0.366 e. The van der Waals surface area contributed by atoms with Gasteiger partial charge in [-0.25, -0.2) is 15.8 Å². The van der Waals surface area contributed by atoms with Crippen LogP contribution in [0.5, 0.6) is 0 Å². The molecule has 90 valence electrons. The van der Waals surface area contributed by atoms with Crippen LogP contribution >= 0.6 is 0 Å². The number of nitrogens with one attached hydrogen (secondary N) is 2. The number of imidazole rings is 1. The zero-order valence-electron chi connectivity index (χ0n) is 9.54. The van der Waals surface area contributed by atoms with Crippen LogP contribution in [0.3, 0.4) is 0 Å². The Morgan fingerprint density at radius 2 is 2.35 bits per heavy atom. The molecule has 2 aromatic heterocycles. The molecule has 0 radical (unpaired) electrons. The smallest absolute Gasteiger partial charge is 0.239 e. The van der Waals surface area contributed by atoms with E-state index < -0.39 is 0 Å². The van der Waals surface area contributed by atoms with E-state index in [-0.39, 0.29) is 6.04 Å². The maximum atomic E-state index is 5.24. The lowest BCUT2D eigenvalue weighted by Gasteiger charge is -2.15. The van der Waals surface area contributed by atoms with Crippen LogP contribution in [0.15, 0.2) is 31.0 Å². The van der Waals surface area contributed by atoms with Crippen LogP contribution in [-0.4, -0.2) is 25.6 Å². The molecule has 17 heavy (non-hydrogen) atoms. The first-order chi connectivity index (χ1) is 8.28. The van der Waals surface area contributed by atoms with E-state index >= 15 is 0 Å². The van der Waals surface area contributed by atoms with Crippen molar-refractivity contribution in [1.82, 2.24) is 19.5 Å². The van der Waals surface area contributed by atoms with Crippen molar-refractivity contribution in [3.63, 3.8) is 0 Å². The molecular weight excluding hydrogens is 218 g/mol. The predicted molar refractivity (Wildman–Crippen MR) is 65.2 cm³/mol. The van der Waals surface area contributed by atoms with Gasteiger partial charge in [-0.1, -0.05) is 0 Å². The van der Waals surface area contributed by atoms with Gasteiger partial charge < -0.3 is 9.88 Å². The van der Waals surface area contributed by atoms with Crippen LogP contribution in [-0.2, 0) is 6.54 Å². The molecule has 0 fully saturated rings. The fraction of sp³-hybridized carbons (Fsp3) is 0.300. The van der Waals surface area contributed by atoms with Gasteiger partial charge in [-0.15, -0.1) is 0 Å². The van der Waals surface area contributed by atoms with Crippen molar-refractivity contribution < 1.29 is 0 Å². The zero-order valence-corrected chi connectivity index (χ0v) is 9.54. The molecule has 1 unspecified atom stereocenters. The van der Waals surface area contributed by atoms with Gasteiger partial charge in [-0.2, -0.15) is 4.98 Å². The van der Waals surface area contributed by atoms with Crippen molar-refractivity contribution in [2.75, 3.05) is 10.7 Å². The van der Waals surface area contributed by atoms with Gasteiger partial charge in [0.2, 0.25) is 5.95 Å². The van der Waals surface area contributed by atoms with E-state index in [1.54, 1.807) is 24.8 Å². The van der Waals surface area contributed by atoms with E-state index in [9.17, 15) is 0 Å². The SMILES string of the molecule is CC(Cn1ccnc1)Nc1ccnc(NN)n1. The molecular formula is C10H15N7. The van der Waals surface area contributed by atoms with Crippen molar-refractivity contribution in [3.8, 4) is 0 Å². The number of nitrogen functional groups attached to an aromatic ring is 1. The summed E-state index contributed by atoms with van der Waals surface area (Å²) in [6, 6.07) is 2.02. The minimum absolute atomic E-state index is 0.227. The van der Waals surface area contributed by atoms with Gasteiger partial charge in [0.1, 0.15) is 5.82 Å². The molecule has 2 rings (SSSR count). The largest absolute Gasteiger partial charge is 0.366 e. The van der Waals surface area contributed by atoms with Gasteiger partial charge in [-0.05, 0) is 13.0 Å². The van der Waals surface area contributed by atoms with E-state index in [0.29, 0.717) is 5.95 Å². The van der Waals surface area contributed by atoms with Crippen molar-refractivity contribution in [2.45, 2.75) is 19.5 Å². The molecule has 0 amide bonds. The number of hydrogen-bond acceptors (Lipinski definition) is 6. The quantitative estimate of drug-likeness (QED) is 0.513. The lowest BCUT2D eigenvalue weighted by atomic mass is 10.3. The topological polar surface area (TPSA) is 93.7 Å². The second-order valence-corrected chi connectivity index (χ2v) is 3.71. The Morgan fingerprint density at radius 3 is 3.06 bits per heavy atom. The Hall–Kier alpha value is -2.15. The Kier molecular flexibility index (Phi) is 3.51. The van der Waals surface area contributed by atoms with E-state index in [1.165, 1.54) is 0 Å². The lowest BCUT2D eigenvalue weighted by Crippen LogP contribution is -2.22. The second kappa shape index (κ2) is 5.26. The fourth-order valence-electron chi connectivity index (χ4n) is 1.52. The third-order valence-corrected chi connectivity index (χ3v) is 2.22. The van der Waals surface area contributed by atoms with Gasteiger partial charge in [-0.3, -0.25) is 5.43 Å². The van der Waals surface area contributed by atoms with Crippen molar-refractivity contribution in [1.29, 1.82) is 0 Å². The Labute approximate surface area is 99.1 Å². The van der Waals surface area contributed by atoms with E-state index in [2.05, 4.69) is 32.6 Å². The molecule has 2 heterocycles. The number of hydrazine groups is 1. The third kappa shape index (κ3) is 3.15. The average Bonchev–Trinajstić information content (AvgIpc) is 2.82. The maximum absolute atomic E-state index is 5.24. The molecule has 0 aromatic carbocycles. The molecule has 0 saturated carbocycles. The van der Waals surface area contributed by atoms with Crippen LogP contribution in [0.25, 0.3) is 0 Å². The molecule has 1 atom stereocenters. The Morgan fingerprint density at radius 1 is 1.47 bits per heavy atom. The number of anilines is 2. The summed E-state index contributed by atoms with van der Waals surface area (Å²) in [6.45, 7) is 2.88. The molecule has 2 aromatic rings. The second-order valence-electron chi connectivity index (χ2n) is 3.71. The molecule has 0 saturated heterocycles. The van der Waals surface area contributed by atoms with Gasteiger partial charge in [0, 0.05) is 31.2 Å². The summed E-state index contributed by atoms with van der Waals surface area (Å²) in [5, 5.41) is 3.26. The van der Waals surface area contributed by atoms with E-state index in [4.69, 9.17) is 5.84 Å². The fourth-order valence-corrected chi connectivity index (χ4v) is 1.52. The third-order valence-electron chi connectivity index (χ3n) is 2.22. The van der Waals surface area contributed by atoms with Crippen LogP contribution in [0, 0.1) is 0 Å².